The Labute approximate surface area is 320 Å². The minimum atomic E-state index is -4.64. The van der Waals surface area contributed by atoms with E-state index in [0.29, 0.717) is 47.6 Å². The molecule has 2 N–H and O–H groups in total. The smallest absolute Gasteiger partial charge is 0.379 e. The summed E-state index contributed by atoms with van der Waals surface area (Å²) in [6, 6.07) is 12.2. The first kappa shape index (κ1) is 38.1. The second kappa shape index (κ2) is 15.1. The first-order valence-electron chi connectivity index (χ1n) is 18.6. The lowest BCUT2D eigenvalue weighted by atomic mass is 9.71. The van der Waals surface area contributed by atoms with Crippen molar-refractivity contribution in [3.8, 4) is 0 Å². The summed E-state index contributed by atoms with van der Waals surface area (Å²) in [5, 5.41) is 9.80. The largest absolute Gasteiger partial charge is 0.416 e. The van der Waals surface area contributed by atoms with Crippen molar-refractivity contribution in [2.24, 2.45) is 12.5 Å². The lowest BCUT2D eigenvalue weighted by Gasteiger charge is -2.47. The Balaban J connectivity index is 0.935. The van der Waals surface area contributed by atoms with Gasteiger partial charge in [0.25, 0.3) is 11.5 Å². The van der Waals surface area contributed by atoms with Crippen LogP contribution < -0.4 is 21.1 Å². The van der Waals surface area contributed by atoms with Crippen LogP contribution in [0.15, 0.2) is 57.9 Å². The zero-order valence-electron chi connectivity index (χ0n) is 30.4. The molecule has 1 spiro atoms. The molecule has 5 heterocycles. The summed E-state index contributed by atoms with van der Waals surface area (Å²) in [6.07, 6.45) is 1.27. The zero-order valence-corrected chi connectivity index (χ0v) is 32.0. The molecule has 1 aromatic heterocycles. The van der Waals surface area contributed by atoms with Crippen LogP contribution in [-0.2, 0) is 22.8 Å². The lowest BCUT2D eigenvalue weighted by Crippen LogP contribution is -2.48. The van der Waals surface area contributed by atoms with Crippen LogP contribution in [0.5, 0.6) is 0 Å². The van der Waals surface area contributed by atoms with Crippen molar-refractivity contribution in [3.05, 3.63) is 85.7 Å². The number of likely N-dealkylation sites (N-methyl/N-ethyl adjacent to an activating group) is 1. The summed E-state index contributed by atoms with van der Waals surface area (Å²) >= 11 is 3.41. The lowest BCUT2D eigenvalue weighted by molar-refractivity contribution is -0.139. The molecular weight excluding hydrogens is 767 g/mol. The summed E-state index contributed by atoms with van der Waals surface area (Å²) < 4.78 is 44.4. The standard InChI is InChI=1S/C39H45BrF3N7O4/c1-47-22-26(19-27(23-47)45-32-21-44-48(2)37(54)34(32)40)24-3-5-25(6-4-24)36(53)50-17-13-38(14-18-50)11-15-49(16-12-38)28-7-8-29(31(20-28)39(41,42)43)30-9-10-33(51)46-35(30)52/h3-8,20-21,26-27,30,45H,9-19,22-23H2,1-2H3,(H,46,51,52)/t26-,27+,30?/m1/s1. The molecule has 7 rings (SSSR count). The Bertz CT molecular complexity index is 1970. The van der Waals surface area contributed by atoms with Gasteiger partial charge in [0.1, 0.15) is 4.47 Å². The normalized spacial score (nSPS) is 23.7. The molecule has 0 bridgehead atoms. The number of aromatic nitrogens is 2. The number of imide groups is 1. The first-order chi connectivity index (χ1) is 25.7. The van der Waals surface area contributed by atoms with Gasteiger partial charge >= 0.3 is 6.18 Å². The predicted molar refractivity (Wildman–Crippen MR) is 201 cm³/mol. The average molecular weight is 813 g/mol. The fourth-order valence-electron chi connectivity index (χ4n) is 8.78. The fourth-order valence-corrected chi connectivity index (χ4v) is 9.25. The number of nitrogens with one attached hydrogen (secondary N) is 2. The zero-order chi connectivity index (χ0) is 38.4. The Morgan fingerprint density at radius 2 is 1.65 bits per heavy atom. The van der Waals surface area contributed by atoms with E-state index in [0.717, 1.165) is 56.8 Å². The molecule has 3 atom stereocenters. The Kier molecular flexibility index (Phi) is 10.7. The number of halogens is 4. The van der Waals surface area contributed by atoms with Crippen molar-refractivity contribution in [2.75, 3.05) is 56.5 Å². The Morgan fingerprint density at radius 3 is 2.31 bits per heavy atom. The second-order valence-electron chi connectivity index (χ2n) is 15.5. The number of carbonyl (C=O) groups is 3. The van der Waals surface area contributed by atoms with Gasteiger partial charge in [-0.3, -0.25) is 24.5 Å². The van der Waals surface area contributed by atoms with E-state index in [1.54, 1.807) is 19.3 Å². The highest BCUT2D eigenvalue weighted by Crippen LogP contribution is 2.44. The van der Waals surface area contributed by atoms with Crippen LogP contribution in [-0.4, -0.2) is 89.7 Å². The van der Waals surface area contributed by atoms with E-state index in [2.05, 4.69) is 43.6 Å². The SMILES string of the molecule is CN1C[C@@H](Nc2cnn(C)c(=O)c2Br)C[C@@H](c2ccc(C(=O)N3CCC4(CC3)CCN(c3ccc(C5CCC(=O)NC5=O)c(C(F)(F)F)c3)CC4)cc2)C1. The van der Waals surface area contributed by atoms with Crippen molar-refractivity contribution in [2.45, 2.75) is 69.0 Å². The molecule has 0 radical (unpaired) electrons. The van der Waals surface area contributed by atoms with E-state index in [1.165, 1.54) is 10.7 Å². The number of hydrogen-bond donors (Lipinski definition) is 2. The third-order valence-corrected chi connectivity index (χ3v) is 12.7. The minimum absolute atomic E-state index is 0.00735. The summed E-state index contributed by atoms with van der Waals surface area (Å²) in [5.41, 5.74) is 1.87. The van der Waals surface area contributed by atoms with Crippen molar-refractivity contribution < 1.29 is 27.6 Å². The van der Waals surface area contributed by atoms with E-state index in [-0.39, 0.29) is 47.2 Å². The molecule has 11 nitrogen and oxygen atoms in total. The molecular formula is C39H45BrF3N7O4. The number of amides is 3. The maximum absolute atomic E-state index is 14.2. The highest BCUT2D eigenvalue weighted by atomic mass is 79.9. The van der Waals surface area contributed by atoms with Crippen LogP contribution in [0.25, 0.3) is 0 Å². The van der Waals surface area contributed by atoms with Crippen LogP contribution in [0, 0.1) is 5.41 Å². The number of nitrogens with zero attached hydrogens (tertiary/aromatic N) is 5. The number of likely N-dealkylation sites (tertiary alicyclic amines) is 2. The fraction of sp³-hybridized carbons (Fsp3) is 0.513. The predicted octanol–water partition coefficient (Wildman–Crippen LogP) is 5.50. The molecule has 4 aliphatic rings. The summed E-state index contributed by atoms with van der Waals surface area (Å²) in [6.45, 7) is 4.18. The number of benzene rings is 2. The van der Waals surface area contributed by atoms with Gasteiger partial charge in [-0.05, 0) is 108 Å². The molecule has 1 unspecified atom stereocenters. The molecule has 54 heavy (non-hydrogen) atoms. The molecule has 3 aromatic rings. The van der Waals surface area contributed by atoms with E-state index < -0.39 is 29.5 Å². The number of hydrogen-bond acceptors (Lipinski definition) is 8. The van der Waals surface area contributed by atoms with Crippen LogP contribution in [0.1, 0.15) is 83.8 Å². The van der Waals surface area contributed by atoms with Gasteiger partial charge in [0.2, 0.25) is 11.8 Å². The van der Waals surface area contributed by atoms with Gasteiger partial charge in [-0.25, -0.2) is 4.68 Å². The number of rotatable bonds is 6. The Morgan fingerprint density at radius 1 is 0.963 bits per heavy atom. The van der Waals surface area contributed by atoms with E-state index >= 15 is 0 Å². The summed E-state index contributed by atoms with van der Waals surface area (Å²) in [4.78, 5) is 56.1. The Hall–Kier alpha value is -4.24. The van der Waals surface area contributed by atoms with E-state index in [9.17, 15) is 32.3 Å². The minimum Gasteiger partial charge on any atom is -0.379 e. The second-order valence-corrected chi connectivity index (χ2v) is 16.3. The van der Waals surface area contributed by atoms with Gasteiger partial charge < -0.3 is 20.0 Å². The first-order valence-corrected chi connectivity index (χ1v) is 19.3. The number of piperidine rings is 4. The quantitative estimate of drug-likeness (QED) is 0.314. The molecule has 0 aliphatic carbocycles. The highest BCUT2D eigenvalue weighted by molar-refractivity contribution is 9.10. The van der Waals surface area contributed by atoms with Crippen molar-refractivity contribution in [1.29, 1.82) is 0 Å². The molecule has 2 aromatic carbocycles. The monoisotopic (exact) mass is 811 g/mol. The van der Waals surface area contributed by atoms with E-state index in [1.807, 2.05) is 34.1 Å². The van der Waals surface area contributed by atoms with Crippen LogP contribution in [0.4, 0.5) is 24.5 Å². The van der Waals surface area contributed by atoms with E-state index in [4.69, 9.17) is 0 Å². The van der Waals surface area contributed by atoms with Crippen LogP contribution in [0.2, 0.25) is 0 Å². The van der Waals surface area contributed by atoms with Gasteiger partial charge in [-0.2, -0.15) is 18.3 Å². The number of aryl methyl sites for hydroxylation is 1. The summed E-state index contributed by atoms with van der Waals surface area (Å²) in [7, 11) is 3.69. The van der Waals surface area contributed by atoms with Gasteiger partial charge in [-0.15, -0.1) is 0 Å². The molecule has 288 valence electrons. The number of anilines is 2. The van der Waals surface area contributed by atoms with Crippen molar-refractivity contribution >= 4 is 45.0 Å². The van der Waals surface area contributed by atoms with Crippen molar-refractivity contribution in [3.63, 3.8) is 0 Å². The summed E-state index contributed by atoms with van der Waals surface area (Å²) in [5.74, 6) is -1.92. The van der Waals surface area contributed by atoms with Gasteiger partial charge in [0, 0.05) is 70.0 Å². The number of alkyl halides is 3. The molecule has 4 fully saturated rings. The van der Waals surface area contributed by atoms with Crippen LogP contribution >= 0.6 is 15.9 Å². The highest BCUT2D eigenvalue weighted by Gasteiger charge is 2.41. The third kappa shape index (κ3) is 7.93. The molecule has 4 saturated heterocycles. The maximum Gasteiger partial charge on any atom is 0.416 e. The van der Waals surface area contributed by atoms with Gasteiger partial charge in [0.15, 0.2) is 0 Å². The third-order valence-electron chi connectivity index (χ3n) is 12.0. The molecule has 4 aliphatic heterocycles. The average Bonchev–Trinajstić information content (AvgIpc) is 3.15. The van der Waals surface area contributed by atoms with Crippen molar-refractivity contribution in [1.82, 2.24) is 24.9 Å². The topological polar surface area (TPSA) is 120 Å². The van der Waals surface area contributed by atoms with Gasteiger partial charge in [0.05, 0.1) is 23.4 Å². The maximum atomic E-state index is 14.2. The van der Waals surface area contributed by atoms with Gasteiger partial charge in [-0.1, -0.05) is 18.2 Å². The molecule has 15 heteroatoms. The molecule has 3 amide bonds. The number of carbonyl (C=O) groups excluding carboxylic acids is 3. The van der Waals surface area contributed by atoms with Crippen LogP contribution in [0.3, 0.4) is 0 Å². The molecule has 0 saturated carbocycles.